The number of carboxylic acid groups (broad SMARTS) is 1. The summed E-state index contributed by atoms with van der Waals surface area (Å²) in [6, 6.07) is 0. The highest BCUT2D eigenvalue weighted by atomic mass is 16.5. The molecule has 1 atom stereocenters. The van der Waals surface area contributed by atoms with E-state index >= 15 is 0 Å². The molecule has 0 rings (SSSR count). The summed E-state index contributed by atoms with van der Waals surface area (Å²) in [5, 5.41) is 17.3. The van der Waals surface area contributed by atoms with Crippen molar-refractivity contribution in [1.82, 2.24) is 0 Å². The third-order valence-corrected chi connectivity index (χ3v) is 3.17. The number of carboxylic acids is 1. The zero-order valence-electron chi connectivity index (χ0n) is 12.5. The molecular weight excluding hydrogens is 260 g/mol. The van der Waals surface area contributed by atoms with Gasteiger partial charge in [-0.05, 0) is 6.42 Å². The Morgan fingerprint density at radius 3 is 1.95 bits per heavy atom. The molecule has 0 saturated carbocycles. The first-order valence-corrected chi connectivity index (χ1v) is 7.64. The highest BCUT2D eigenvalue weighted by Gasteiger charge is 2.15. The molecule has 0 aliphatic heterocycles. The fraction of sp³-hybridized carbons (Fsp3) is 0.867. The van der Waals surface area contributed by atoms with Gasteiger partial charge in [0.25, 0.3) is 0 Å². The molecule has 118 valence electrons. The lowest BCUT2D eigenvalue weighted by molar-refractivity contribution is -0.156. The lowest BCUT2D eigenvalue weighted by Gasteiger charge is -2.07. The molecule has 20 heavy (non-hydrogen) atoms. The van der Waals surface area contributed by atoms with Crippen LogP contribution in [-0.2, 0) is 14.3 Å². The largest absolute Gasteiger partial charge is 0.479 e. The van der Waals surface area contributed by atoms with Crippen LogP contribution in [-0.4, -0.2) is 34.9 Å². The van der Waals surface area contributed by atoms with Gasteiger partial charge in [0.2, 0.25) is 0 Å². The minimum atomic E-state index is -1.62. The molecule has 0 aromatic rings. The van der Waals surface area contributed by atoms with Gasteiger partial charge in [0.15, 0.2) is 6.10 Å². The van der Waals surface area contributed by atoms with E-state index in [0.29, 0.717) is 6.42 Å². The van der Waals surface area contributed by atoms with Gasteiger partial charge in [-0.3, -0.25) is 4.79 Å². The van der Waals surface area contributed by atoms with Gasteiger partial charge in [-0.15, -0.1) is 0 Å². The second kappa shape index (κ2) is 12.9. The van der Waals surface area contributed by atoms with Crippen LogP contribution in [0.25, 0.3) is 0 Å². The molecule has 0 radical (unpaired) electrons. The van der Waals surface area contributed by atoms with Gasteiger partial charge < -0.3 is 14.9 Å². The maximum absolute atomic E-state index is 11.3. The fourth-order valence-corrected chi connectivity index (χ4v) is 1.90. The molecule has 0 amide bonds. The van der Waals surface area contributed by atoms with E-state index in [2.05, 4.69) is 11.7 Å². The Morgan fingerprint density at radius 2 is 1.45 bits per heavy atom. The summed E-state index contributed by atoms with van der Waals surface area (Å²) in [5.41, 5.74) is 0. The molecule has 0 aliphatic rings. The summed E-state index contributed by atoms with van der Waals surface area (Å²) >= 11 is 0. The van der Waals surface area contributed by atoms with Crippen LogP contribution in [0.5, 0.6) is 0 Å². The maximum atomic E-state index is 11.3. The summed E-state index contributed by atoms with van der Waals surface area (Å²) in [5.74, 6) is -1.81. The van der Waals surface area contributed by atoms with Crippen LogP contribution in [0.1, 0.15) is 71.1 Å². The minimum absolute atomic E-state index is 0.294. The predicted octanol–water partition coefficient (Wildman–Crippen LogP) is 2.90. The molecule has 0 spiro atoms. The van der Waals surface area contributed by atoms with E-state index in [0.717, 1.165) is 19.3 Å². The Hall–Kier alpha value is -1.10. The van der Waals surface area contributed by atoms with Crippen molar-refractivity contribution < 1.29 is 24.5 Å². The maximum Gasteiger partial charge on any atom is 0.336 e. The minimum Gasteiger partial charge on any atom is -0.479 e. The van der Waals surface area contributed by atoms with Gasteiger partial charge in [0.05, 0.1) is 0 Å². The summed E-state index contributed by atoms with van der Waals surface area (Å²) < 4.78 is 4.67. The Balaban J connectivity index is 3.29. The average Bonchev–Trinajstić information content (AvgIpc) is 2.42. The van der Waals surface area contributed by atoms with Crippen molar-refractivity contribution in [1.29, 1.82) is 0 Å². The number of aliphatic hydroxyl groups excluding tert-OH is 1. The van der Waals surface area contributed by atoms with Crippen LogP contribution in [0.2, 0.25) is 0 Å². The molecule has 0 bridgehead atoms. The molecule has 0 fully saturated rings. The van der Waals surface area contributed by atoms with Gasteiger partial charge in [-0.2, -0.15) is 0 Å². The smallest absolute Gasteiger partial charge is 0.336 e. The van der Waals surface area contributed by atoms with Crippen molar-refractivity contribution in [2.45, 2.75) is 77.2 Å². The van der Waals surface area contributed by atoms with Crippen LogP contribution < -0.4 is 0 Å². The van der Waals surface area contributed by atoms with Gasteiger partial charge in [0.1, 0.15) is 6.61 Å². The highest BCUT2D eigenvalue weighted by Crippen LogP contribution is 2.10. The summed E-state index contributed by atoms with van der Waals surface area (Å²) in [4.78, 5) is 21.5. The highest BCUT2D eigenvalue weighted by molar-refractivity contribution is 5.73. The normalized spacial score (nSPS) is 12.1. The molecule has 5 heteroatoms. The lowest BCUT2D eigenvalue weighted by atomic mass is 10.1. The molecule has 0 saturated heterocycles. The summed E-state index contributed by atoms with van der Waals surface area (Å²) in [7, 11) is 0. The first-order chi connectivity index (χ1) is 9.57. The first kappa shape index (κ1) is 18.9. The van der Waals surface area contributed by atoms with E-state index in [9.17, 15) is 9.59 Å². The van der Waals surface area contributed by atoms with E-state index < -0.39 is 24.6 Å². The number of hydrogen-bond donors (Lipinski definition) is 2. The fourth-order valence-electron chi connectivity index (χ4n) is 1.90. The second-order valence-corrected chi connectivity index (χ2v) is 5.12. The van der Waals surface area contributed by atoms with E-state index in [-0.39, 0.29) is 0 Å². The number of unbranched alkanes of at least 4 members (excludes halogenated alkanes) is 8. The topological polar surface area (TPSA) is 83.8 Å². The van der Waals surface area contributed by atoms with Gasteiger partial charge in [-0.1, -0.05) is 58.3 Å². The predicted molar refractivity (Wildman–Crippen MR) is 76.4 cm³/mol. The third-order valence-electron chi connectivity index (χ3n) is 3.17. The van der Waals surface area contributed by atoms with Gasteiger partial charge in [0, 0.05) is 6.42 Å². The van der Waals surface area contributed by atoms with E-state index in [1.807, 2.05) is 0 Å². The van der Waals surface area contributed by atoms with Crippen molar-refractivity contribution >= 4 is 11.9 Å². The third kappa shape index (κ3) is 12.0. The Labute approximate surface area is 121 Å². The second-order valence-electron chi connectivity index (χ2n) is 5.12. The standard InChI is InChI=1S/C15H28O5/c1-2-3-4-5-6-7-8-9-10-11-14(17)20-12-13(16)15(18)19/h13,16H,2-12H2,1H3,(H,18,19). The van der Waals surface area contributed by atoms with Crippen molar-refractivity contribution in [2.75, 3.05) is 6.61 Å². The van der Waals surface area contributed by atoms with Crippen molar-refractivity contribution in [3.63, 3.8) is 0 Å². The number of ether oxygens (including phenoxy) is 1. The monoisotopic (exact) mass is 288 g/mol. The molecule has 1 unspecified atom stereocenters. The van der Waals surface area contributed by atoms with Crippen molar-refractivity contribution in [3.05, 3.63) is 0 Å². The van der Waals surface area contributed by atoms with E-state index in [4.69, 9.17) is 10.2 Å². The van der Waals surface area contributed by atoms with Crippen LogP contribution in [0, 0.1) is 0 Å². The quantitative estimate of drug-likeness (QED) is 0.402. The van der Waals surface area contributed by atoms with Gasteiger partial charge in [-0.25, -0.2) is 4.79 Å². The molecular formula is C15H28O5. The Bertz CT molecular complexity index is 265. The molecule has 0 aromatic carbocycles. The summed E-state index contributed by atoms with van der Waals surface area (Å²) in [6.45, 7) is 1.74. The zero-order chi connectivity index (χ0) is 15.2. The Morgan fingerprint density at radius 1 is 0.950 bits per heavy atom. The molecule has 0 heterocycles. The number of esters is 1. The first-order valence-electron chi connectivity index (χ1n) is 7.64. The molecule has 0 aromatic heterocycles. The van der Waals surface area contributed by atoms with Crippen LogP contribution in [0.3, 0.4) is 0 Å². The van der Waals surface area contributed by atoms with Gasteiger partial charge >= 0.3 is 11.9 Å². The molecule has 2 N–H and O–H groups in total. The van der Waals surface area contributed by atoms with E-state index in [1.54, 1.807) is 0 Å². The number of aliphatic carboxylic acids is 1. The number of hydrogen-bond acceptors (Lipinski definition) is 4. The summed E-state index contributed by atoms with van der Waals surface area (Å²) in [6.07, 6.45) is 9.19. The number of aliphatic hydroxyl groups is 1. The van der Waals surface area contributed by atoms with Crippen molar-refractivity contribution in [3.8, 4) is 0 Å². The van der Waals surface area contributed by atoms with E-state index in [1.165, 1.54) is 38.5 Å². The number of rotatable bonds is 13. The van der Waals surface area contributed by atoms with Crippen LogP contribution >= 0.6 is 0 Å². The zero-order valence-corrected chi connectivity index (χ0v) is 12.5. The molecule has 5 nitrogen and oxygen atoms in total. The van der Waals surface area contributed by atoms with Crippen LogP contribution in [0.15, 0.2) is 0 Å². The van der Waals surface area contributed by atoms with Crippen LogP contribution in [0.4, 0.5) is 0 Å². The molecule has 0 aliphatic carbocycles. The van der Waals surface area contributed by atoms with Crippen molar-refractivity contribution in [2.24, 2.45) is 0 Å². The lowest BCUT2D eigenvalue weighted by Crippen LogP contribution is -2.26. The number of carbonyl (C=O) groups excluding carboxylic acids is 1. The Kier molecular flexibility index (Phi) is 12.2. The average molecular weight is 288 g/mol. The number of carbonyl (C=O) groups is 2. The SMILES string of the molecule is CCCCCCCCCCCC(=O)OCC(O)C(=O)O.